The molecule has 1 aliphatic heterocycles. The minimum Gasteiger partial charge on any atom is -0.479 e. The van der Waals surface area contributed by atoms with Crippen LogP contribution in [0.25, 0.3) is 0 Å². The Kier molecular flexibility index (Phi) is 2.14. The van der Waals surface area contributed by atoms with Gasteiger partial charge in [0.15, 0.2) is 5.60 Å². The van der Waals surface area contributed by atoms with E-state index in [4.69, 9.17) is 14.6 Å². The zero-order valence-corrected chi connectivity index (χ0v) is 7.59. The molecule has 1 N–H and O–H groups in total. The van der Waals surface area contributed by atoms with E-state index >= 15 is 0 Å². The maximum atomic E-state index is 10.8. The second kappa shape index (κ2) is 2.71. The van der Waals surface area contributed by atoms with Crippen molar-refractivity contribution < 1.29 is 19.4 Å². The van der Waals surface area contributed by atoms with Gasteiger partial charge in [0.2, 0.25) is 0 Å². The molecule has 0 aliphatic carbocycles. The van der Waals surface area contributed by atoms with E-state index < -0.39 is 17.2 Å². The van der Waals surface area contributed by atoms with Crippen molar-refractivity contribution in [1.29, 1.82) is 0 Å². The maximum absolute atomic E-state index is 10.8. The molecule has 1 heterocycles. The average molecular weight is 174 g/mol. The van der Waals surface area contributed by atoms with E-state index in [-0.39, 0.29) is 6.61 Å². The maximum Gasteiger partial charge on any atom is 0.338 e. The van der Waals surface area contributed by atoms with Crippen molar-refractivity contribution in [2.45, 2.75) is 32.0 Å². The Bertz CT molecular complexity index is 199. The van der Waals surface area contributed by atoms with Crippen molar-refractivity contribution in [3.8, 4) is 0 Å². The Morgan fingerprint density at radius 1 is 1.33 bits per heavy atom. The molecule has 0 bridgehead atoms. The average Bonchev–Trinajstić information content (AvgIpc) is 1.83. The Balaban J connectivity index is 2.74. The molecule has 1 atom stereocenters. The summed E-state index contributed by atoms with van der Waals surface area (Å²) in [7, 11) is 0. The Morgan fingerprint density at radius 3 is 2.25 bits per heavy atom. The van der Waals surface area contributed by atoms with E-state index in [9.17, 15) is 4.79 Å². The van der Waals surface area contributed by atoms with Crippen molar-refractivity contribution in [3.63, 3.8) is 0 Å². The summed E-state index contributed by atoms with van der Waals surface area (Å²) in [5.41, 5.74) is -1.70. The van der Waals surface area contributed by atoms with Gasteiger partial charge in [-0.15, -0.1) is 0 Å². The third-order valence-electron chi connectivity index (χ3n) is 1.78. The van der Waals surface area contributed by atoms with E-state index in [0.717, 1.165) is 0 Å². The van der Waals surface area contributed by atoms with Crippen molar-refractivity contribution in [2.24, 2.45) is 0 Å². The third-order valence-corrected chi connectivity index (χ3v) is 1.78. The fourth-order valence-electron chi connectivity index (χ4n) is 1.27. The standard InChI is InChI=1S/C8H14O4/c1-7(2)4-11-5-8(3,12-7)6(9)10/h4-5H2,1-3H3,(H,9,10). The summed E-state index contributed by atoms with van der Waals surface area (Å²) in [5, 5.41) is 8.82. The second-order valence-electron chi connectivity index (χ2n) is 3.89. The Labute approximate surface area is 71.5 Å². The predicted molar refractivity (Wildman–Crippen MR) is 42.0 cm³/mol. The molecule has 0 radical (unpaired) electrons. The monoisotopic (exact) mass is 174 g/mol. The van der Waals surface area contributed by atoms with Gasteiger partial charge in [-0.25, -0.2) is 4.79 Å². The van der Waals surface area contributed by atoms with Gasteiger partial charge in [-0.1, -0.05) is 0 Å². The second-order valence-corrected chi connectivity index (χ2v) is 3.89. The molecular weight excluding hydrogens is 160 g/mol. The first-order valence-corrected chi connectivity index (χ1v) is 3.87. The highest BCUT2D eigenvalue weighted by molar-refractivity contribution is 5.77. The summed E-state index contributed by atoms with van der Waals surface area (Å²) in [6.07, 6.45) is 0. The number of ether oxygens (including phenoxy) is 2. The van der Waals surface area contributed by atoms with Gasteiger partial charge in [-0.3, -0.25) is 0 Å². The van der Waals surface area contributed by atoms with Crippen LogP contribution in [-0.2, 0) is 14.3 Å². The Hall–Kier alpha value is -0.610. The van der Waals surface area contributed by atoms with Gasteiger partial charge in [0, 0.05) is 0 Å². The fourth-order valence-corrected chi connectivity index (χ4v) is 1.27. The van der Waals surface area contributed by atoms with Crippen LogP contribution in [0.3, 0.4) is 0 Å². The summed E-state index contributed by atoms with van der Waals surface area (Å²) >= 11 is 0. The van der Waals surface area contributed by atoms with Crippen LogP contribution in [0.2, 0.25) is 0 Å². The van der Waals surface area contributed by atoms with Crippen molar-refractivity contribution in [3.05, 3.63) is 0 Å². The van der Waals surface area contributed by atoms with Gasteiger partial charge in [0.05, 0.1) is 18.8 Å². The number of hydrogen-bond donors (Lipinski definition) is 1. The lowest BCUT2D eigenvalue weighted by atomic mass is 10.0. The lowest BCUT2D eigenvalue weighted by molar-refractivity contribution is -0.236. The summed E-state index contributed by atoms with van der Waals surface area (Å²) in [6, 6.07) is 0. The minimum atomic E-state index is -1.19. The van der Waals surface area contributed by atoms with Gasteiger partial charge in [-0.05, 0) is 20.8 Å². The molecule has 1 aliphatic rings. The molecule has 0 aromatic carbocycles. The van der Waals surface area contributed by atoms with E-state index in [1.807, 2.05) is 13.8 Å². The summed E-state index contributed by atoms with van der Waals surface area (Å²) < 4.78 is 10.6. The highest BCUT2D eigenvalue weighted by atomic mass is 16.6. The zero-order valence-electron chi connectivity index (χ0n) is 7.59. The third kappa shape index (κ3) is 1.76. The van der Waals surface area contributed by atoms with Crippen LogP contribution in [0.15, 0.2) is 0 Å². The number of aliphatic carboxylic acids is 1. The van der Waals surface area contributed by atoms with Crippen LogP contribution in [0, 0.1) is 0 Å². The molecule has 0 aromatic heterocycles. The molecular formula is C8H14O4. The molecule has 4 heteroatoms. The number of hydrogen-bond acceptors (Lipinski definition) is 3. The lowest BCUT2D eigenvalue weighted by Crippen LogP contribution is -2.54. The van der Waals surface area contributed by atoms with Gasteiger partial charge in [0.1, 0.15) is 0 Å². The first kappa shape index (κ1) is 9.48. The van der Waals surface area contributed by atoms with Crippen LogP contribution < -0.4 is 0 Å². The molecule has 4 nitrogen and oxygen atoms in total. The first-order valence-electron chi connectivity index (χ1n) is 3.87. The van der Waals surface area contributed by atoms with E-state index in [2.05, 4.69) is 0 Å². The van der Waals surface area contributed by atoms with Gasteiger partial charge in [-0.2, -0.15) is 0 Å². The van der Waals surface area contributed by atoms with Crippen molar-refractivity contribution in [2.75, 3.05) is 13.2 Å². The summed E-state index contributed by atoms with van der Waals surface area (Å²) in [4.78, 5) is 10.8. The van der Waals surface area contributed by atoms with Crippen LogP contribution in [0.1, 0.15) is 20.8 Å². The number of carboxylic acids is 1. The minimum absolute atomic E-state index is 0.117. The number of carbonyl (C=O) groups is 1. The van der Waals surface area contributed by atoms with E-state index in [1.165, 1.54) is 6.92 Å². The van der Waals surface area contributed by atoms with Gasteiger partial charge in [0.25, 0.3) is 0 Å². The fraction of sp³-hybridized carbons (Fsp3) is 0.875. The molecule has 12 heavy (non-hydrogen) atoms. The SMILES string of the molecule is CC1(C)COCC(C)(C(=O)O)O1. The molecule has 1 unspecified atom stereocenters. The highest BCUT2D eigenvalue weighted by Crippen LogP contribution is 2.26. The van der Waals surface area contributed by atoms with Crippen LogP contribution in [-0.4, -0.2) is 35.5 Å². The normalized spacial score (nSPS) is 34.6. The number of rotatable bonds is 1. The summed E-state index contributed by atoms with van der Waals surface area (Å²) in [6.45, 7) is 5.71. The summed E-state index contributed by atoms with van der Waals surface area (Å²) in [5.74, 6) is -0.977. The first-order chi connectivity index (χ1) is 5.36. The largest absolute Gasteiger partial charge is 0.479 e. The zero-order chi connectivity index (χ0) is 9.41. The molecule has 0 saturated carbocycles. The number of carboxylic acid groups (broad SMARTS) is 1. The van der Waals surface area contributed by atoms with Gasteiger partial charge >= 0.3 is 5.97 Å². The Morgan fingerprint density at radius 2 is 1.92 bits per heavy atom. The van der Waals surface area contributed by atoms with Gasteiger partial charge < -0.3 is 14.6 Å². The highest BCUT2D eigenvalue weighted by Gasteiger charge is 2.43. The smallest absolute Gasteiger partial charge is 0.338 e. The van der Waals surface area contributed by atoms with E-state index in [1.54, 1.807) is 0 Å². The molecule has 1 rings (SSSR count). The lowest BCUT2D eigenvalue weighted by Gasteiger charge is -2.40. The molecule has 0 amide bonds. The predicted octanol–water partition coefficient (Wildman–Crippen LogP) is 0.655. The molecule has 1 fully saturated rings. The quantitative estimate of drug-likeness (QED) is 0.634. The van der Waals surface area contributed by atoms with Crippen molar-refractivity contribution >= 4 is 5.97 Å². The molecule has 70 valence electrons. The van der Waals surface area contributed by atoms with Crippen LogP contribution in [0.4, 0.5) is 0 Å². The van der Waals surface area contributed by atoms with Crippen LogP contribution >= 0.6 is 0 Å². The van der Waals surface area contributed by atoms with Crippen LogP contribution in [0.5, 0.6) is 0 Å². The van der Waals surface area contributed by atoms with E-state index in [0.29, 0.717) is 6.61 Å². The molecule has 1 saturated heterocycles. The molecule has 0 aromatic rings. The topological polar surface area (TPSA) is 55.8 Å². The molecule has 0 spiro atoms. The van der Waals surface area contributed by atoms with Crippen molar-refractivity contribution in [1.82, 2.24) is 0 Å².